The molecule has 0 spiro atoms. The van der Waals surface area contributed by atoms with Gasteiger partial charge in [-0.15, -0.1) is 0 Å². The van der Waals surface area contributed by atoms with Gasteiger partial charge in [0.2, 0.25) is 0 Å². The van der Waals surface area contributed by atoms with Crippen LogP contribution in [0.5, 0.6) is 5.75 Å². The van der Waals surface area contributed by atoms with Crippen molar-refractivity contribution in [2.45, 2.75) is 6.18 Å². The number of hydrogen-bond acceptors (Lipinski definition) is 2. The lowest BCUT2D eigenvalue weighted by molar-refractivity contribution is -0.137. The number of benzene rings is 1. The topological polar surface area (TPSA) is 35.2 Å². The van der Waals surface area contributed by atoms with Gasteiger partial charge in [-0.05, 0) is 12.1 Å². The third-order valence-corrected chi connectivity index (χ3v) is 1.45. The zero-order valence-electron chi connectivity index (χ0n) is 6.94. The molecule has 0 fully saturated rings. The van der Waals surface area contributed by atoms with Crippen molar-refractivity contribution in [2.24, 2.45) is 5.73 Å². The van der Waals surface area contributed by atoms with Crippen LogP contribution in [0.3, 0.4) is 0 Å². The standard InChI is InChI=1S/C8H7F4NO/c9-6-1-5(8(10,11)12)2-7(3-6)14-4-13/h1-3H,4,13H2. The van der Waals surface area contributed by atoms with E-state index in [1.807, 2.05) is 0 Å². The molecule has 78 valence electrons. The molecule has 0 saturated carbocycles. The molecule has 1 rings (SSSR count). The molecule has 1 aromatic rings. The molecule has 2 nitrogen and oxygen atoms in total. The molecule has 0 radical (unpaired) electrons. The zero-order chi connectivity index (χ0) is 10.8. The normalized spacial score (nSPS) is 11.5. The molecule has 14 heavy (non-hydrogen) atoms. The van der Waals surface area contributed by atoms with E-state index >= 15 is 0 Å². The maximum atomic E-state index is 12.7. The highest BCUT2D eigenvalue weighted by atomic mass is 19.4. The molecular formula is C8H7F4NO. The van der Waals surface area contributed by atoms with E-state index in [-0.39, 0.29) is 12.5 Å². The molecule has 0 aliphatic rings. The van der Waals surface area contributed by atoms with Gasteiger partial charge in [-0.25, -0.2) is 4.39 Å². The number of halogens is 4. The summed E-state index contributed by atoms with van der Waals surface area (Å²) in [5.74, 6) is -1.25. The van der Waals surface area contributed by atoms with Gasteiger partial charge in [0, 0.05) is 6.07 Å². The van der Waals surface area contributed by atoms with Crippen LogP contribution in [0.15, 0.2) is 18.2 Å². The van der Waals surface area contributed by atoms with Crippen LogP contribution in [0.2, 0.25) is 0 Å². The summed E-state index contributed by atoms with van der Waals surface area (Å²) in [6, 6.07) is 1.92. The monoisotopic (exact) mass is 209 g/mol. The van der Waals surface area contributed by atoms with Crippen molar-refractivity contribution < 1.29 is 22.3 Å². The third kappa shape index (κ3) is 2.59. The predicted molar refractivity (Wildman–Crippen MR) is 41.1 cm³/mol. The molecule has 6 heteroatoms. The Balaban J connectivity index is 3.07. The van der Waals surface area contributed by atoms with E-state index in [9.17, 15) is 17.6 Å². The van der Waals surface area contributed by atoms with Crippen LogP contribution in [0.25, 0.3) is 0 Å². The van der Waals surface area contributed by atoms with E-state index < -0.39 is 17.6 Å². The number of nitrogens with two attached hydrogens (primary N) is 1. The van der Waals surface area contributed by atoms with Crippen molar-refractivity contribution in [2.75, 3.05) is 6.73 Å². The van der Waals surface area contributed by atoms with Gasteiger partial charge in [-0.3, -0.25) is 5.73 Å². The summed E-state index contributed by atoms with van der Waals surface area (Å²) in [5, 5.41) is 0. The summed E-state index contributed by atoms with van der Waals surface area (Å²) in [6.07, 6.45) is -4.59. The van der Waals surface area contributed by atoms with E-state index in [1.54, 1.807) is 0 Å². The molecule has 1 aromatic carbocycles. The Bertz CT molecular complexity index is 324. The third-order valence-electron chi connectivity index (χ3n) is 1.45. The van der Waals surface area contributed by atoms with Crippen LogP contribution in [0, 0.1) is 5.82 Å². The second-order valence-electron chi connectivity index (χ2n) is 2.48. The van der Waals surface area contributed by atoms with Crippen LogP contribution in [-0.4, -0.2) is 6.73 Å². The molecule has 0 aromatic heterocycles. The van der Waals surface area contributed by atoms with Crippen molar-refractivity contribution in [1.29, 1.82) is 0 Å². The minimum absolute atomic E-state index is 0.236. The number of rotatable bonds is 2. The summed E-state index contributed by atoms with van der Waals surface area (Å²) in [6.45, 7) is -0.305. The van der Waals surface area contributed by atoms with Crippen LogP contribution < -0.4 is 10.5 Å². The molecule has 0 heterocycles. The Morgan fingerprint density at radius 2 is 1.86 bits per heavy atom. The average Bonchev–Trinajstić information content (AvgIpc) is 2.02. The smallest absolute Gasteiger partial charge is 0.416 e. The molecule has 0 bridgehead atoms. The summed E-state index contributed by atoms with van der Waals surface area (Å²) >= 11 is 0. The Hall–Kier alpha value is -1.30. The summed E-state index contributed by atoms with van der Waals surface area (Å²) in [7, 11) is 0. The molecule has 0 aliphatic heterocycles. The lowest BCUT2D eigenvalue weighted by Crippen LogP contribution is -2.10. The second-order valence-corrected chi connectivity index (χ2v) is 2.48. The lowest BCUT2D eigenvalue weighted by Gasteiger charge is -2.09. The first-order valence-electron chi connectivity index (χ1n) is 3.64. The van der Waals surface area contributed by atoms with Gasteiger partial charge in [-0.1, -0.05) is 0 Å². The maximum Gasteiger partial charge on any atom is 0.416 e. The molecule has 2 N–H and O–H groups in total. The van der Waals surface area contributed by atoms with Crippen molar-refractivity contribution in [3.63, 3.8) is 0 Å². The van der Waals surface area contributed by atoms with Crippen molar-refractivity contribution >= 4 is 0 Å². The average molecular weight is 209 g/mol. The highest BCUT2D eigenvalue weighted by Gasteiger charge is 2.31. The first-order valence-corrected chi connectivity index (χ1v) is 3.64. The minimum atomic E-state index is -4.59. The molecule has 0 amide bonds. The first kappa shape index (κ1) is 10.8. The zero-order valence-corrected chi connectivity index (χ0v) is 6.94. The predicted octanol–water partition coefficient (Wildman–Crippen LogP) is 2.14. The van der Waals surface area contributed by atoms with Gasteiger partial charge in [-0.2, -0.15) is 13.2 Å². The Morgan fingerprint density at radius 1 is 1.21 bits per heavy atom. The van der Waals surface area contributed by atoms with Gasteiger partial charge in [0.1, 0.15) is 18.3 Å². The Morgan fingerprint density at radius 3 is 2.36 bits per heavy atom. The van der Waals surface area contributed by atoms with Crippen molar-refractivity contribution in [3.05, 3.63) is 29.6 Å². The lowest BCUT2D eigenvalue weighted by atomic mass is 10.2. The Kier molecular flexibility index (Phi) is 2.95. The van der Waals surface area contributed by atoms with Gasteiger partial charge < -0.3 is 4.74 Å². The SMILES string of the molecule is NCOc1cc(F)cc(C(F)(F)F)c1. The highest BCUT2D eigenvalue weighted by molar-refractivity contribution is 5.31. The van der Waals surface area contributed by atoms with Crippen LogP contribution in [0.1, 0.15) is 5.56 Å². The Labute approximate surface area is 77.3 Å². The van der Waals surface area contributed by atoms with Gasteiger partial charge in [0.25, 0.3) is 0 Å². The molecular weight excluding hydrogens is 202 g/mol. The number of alkyl halides is 3. The summed E-state index contributed by atoms with van der Waals surface area (Å²) in [5.41, 5.74) is 3.85. The summed E-state index contributed by atoms with van der Waals surface area (Å²) < 4.78 is 53.6. The van der Waals surface area contributed by atoms with Gasteiger partial charge in [0.15, 0.2) is 0 Å². The van der Waals surface area contributed by atoms with Crippen LogP contribution >= 0.6 is 0 Å². The quantitative estimate of drug-likeness (QED) is 0.598. The molecule has 0 atom stereocenters. The molecule has 0 saturated heterocycles. The molecule has 0 unspecified atom stereocenters. The van der Waals surface area contributed by atoms with Gasteiger partial charge >= 0.3 is 6.18 Å². The van der Waals surface area contributed by atoms with E-state index in [2.05, 4.69) is 4.74 Å². The van der Waals surface area contributed by atoms with Crippen LogP contribution in [0.4, 0.5) is 17.6 Å². The fourth-order valence-electron chi connectivity index (χ4n) is 0.906. The van der Waals surface area contributed by atoms with Gasteiger partial charge in [0.05, 0.1) is 5.56 Å². The second kappa shape index (κ2) is 3.83. The highest BCUT2D eigenvalue weighted by Crippen LogP contribution is 2.32. The number of ether oxygens (including phenoxy) is 1. The van der Waals surface area contributed by atoms with Crippen molar-refractivity contribution in [1.82, 2.24) is 0 Å². The van der Waals surface area contributed by atoms with E-state index in [4.69, 9.17) is 5.73 Å². The fraction of sp³-hybridized carbons (Fsp3) is 0.250. The summed E-state index contributed by atoms with van der Waals surface area (Å²) in [4.78, 5) is 0. The number of hydrogen-bond donors (Lipinski definition) is 1. The minimum Gasteiger partial charge on any atom is -0.478 e. The molecule has 0 aliphatic carbocycles. The largest absolute Gasteiger partial charge is 0.478 e. The van der Waals surface area contributed by atoms with E-state index in [1.165, 1.54) is 0 Å². The van der Waals surface area contributed by atoms with Crippen LogP contribution in [-0.2, 0) is 6.18 Å². The first-order chi connectivity index (χ1) is 6.43. The maximum absolute atomic E-state index is 12.7. The fourth-order valence-corrected chi connectivity index (χ4v) is 0.906. The van der Waals surface area contributed by atoms with E-state index in [0.29, 0.717) is 12.1 Å². The van der Waals surface area contributed by atoms with E-state index in [0.717, 1.165) is 6.07 Å². The van der Waals surface area contributed by atoms with Crippen molar-refractivity contribution in [3.8, 4) is 5.75 Å².